The van der Waals surface area contributed by atoms with Crippen molar-refractivity contribution >= 4 is 22.6 Å². The molecule has 2 heterocycles. The first-order valence-corrected chi connectivity index (χ1v) is 7.36. The van der Waals surface area contributed by atoms with Gasteiger partial charge in [0.05, 0.1) is 22.3 Å². The van der Waals surface area contributed by atoms with E-state index < -0.39 is 5.97 Å². The van der Waals surface area contributed by atoms with Crippen LogP contribution >= 0.6 is 0 Å². The molecular weight excluding hydrogens is 282 g/mol. The monoisotopic (exact) mass is 301 g/mol. The normalized spacial score (nSPS) is 17.8. The lowest BCUT2D eigenvalue weighted by Crippen LogP contribution is -2.28. The highest BCUT2D eigenvalue weighted by Gasteiger charge is 2.20. The third-order valence-corrected chi connectivity index (χ3v) is 4.01. The molecule has 0 saturated carbocycles. The van der Waals surface area contributed by atoms with E-state index in [1.807, 2.05) is 12.1 Å². The number of benzene rings is 1. The zero-order valence-corrected chi connectivity index (χ0v) is 12.4. The molecule has 0 bridgehead atoms. The number of carbonyl (C=O) groups is 1. The van der Waals surface area contributed by atoms with E-state index in [4.69, 9.17) is 10.5 Å². The largest absolute Gasteiger partial charge is 0.491 e. The topological polar surface area (TPSA) is 97.5 Å². The predicted molar refractivity (Wildman–Crippen MR) is 84.4 cm³/mol. The highest BCUT2D eigenvalue weighted by Crippen LogP contribution is 2.33. The van der Waals surface area contributed by atoms with Crippen LogP contribution < -0.4 is 15.8 Å². The van der Waals surface area contributed by atoms with Crippen molar-refractivity contribution in [1.29, 1.82) is 0 Å². The number of anilines is 1. The van der Waals surface area contributed by atoms with Crippen molar-refractivity contribution in [2.45, 2.75) is 25.8 Å². The first-order valence-electron chi connectivity index (χ1n) is 7.36. The molecule has 0 radical (unpaired) electrons. The number of fused-ring (bicyclic) bond motifs is 1. The van der Waals surface area contributed by atoms with Gasteiger partial charge >= 0.3 is 5.97 Å². The number of nitrogens with one attached hydrogen (secondary N) is 1. The van der Waals surface area contributed by atoms with Gasteiger partial charge in [0.15, 0.2) is 0 Å². The van der Waals surface area contributed by atoms with Crippen LogP contribution in [0.3, 0.4) is 0 Å². The molecule has 0 amide bonds. The van der Waals surface area contributed by atoms with Crippen molar-refractivity contribution in [1.82, 2.24) is 10.3 Å². The summed E-state index contributed by atoms with van der Waals surface area (Å²) in [5.74, 6) is -0.490. The summed E-state index contributed by atoms with van der Waals surface area (Å²) in [6.45, 7) is 3.19. The molecule has 1 saturated heterocycles. The number of nitrogen functional groups attached to an aromatic ring is 1. The van der Waals surface area contributed by atoms with E-state index in [0.29, 0.717) is 35.0 Å². The number of carboxylic acid groups (broad SMARTS) is 1. The first-order chi connectivity index (χ1) is 10.6. The number of aromatic nitrogens is 1. The summed E-state index contributed by atoms with van der Waals surface area (Å²) in [5, 5.41) is 13.3. The SMILES string of the molecule is Cc1nc2cccc(OC[C@H]3CCCN3)c2c(N)c1C(=O)O. The Balaban J connectivity index is 2.02. The number of aromatic carboxylic acids is 1. The molecule has 3 rings (SSSR count). The van der Waals surface area contributed by atoms with Crippen molar-refractivity contribution in [2.75, 3.05) is 18.9 Å². The van der Waals surface area contributed by atoms with Gasteiger partial charge in [-0.1, -0.05) is 6.07 Å². The Morgan fingerprint density at radius 2 is 2.36 bits per heavy atom. The summed E-state index contributed by atoms with van der Waals surface area (Å²) in [6.07, 6.45) is 2.23. The van der Waals surface area contributed by atoms with Gasteiger partial charge in [0.1, 0.15) is 17.9 Å². The van der Waals surface area contributed by atoms with Crippen LogP contribution in [0.1, 0.15) is 28.9 Å². The molecule has 6 nitrogen and oxygen atoms in total. The van der Waals surface area contributed by atoms with E-state index in [2.05, 4.69) is 10.3 Å². The van der Waals surface area contributed by atoms with Crippen LogP contribution in [-0.2, 0) is 0 Å². The lowest BCUT2D eigenvalue weighted by atomic mass is 10.1. The number of nitrogens with two attached hydrogens (primary N) is 1. The van der Waals surface area contributed by atoms with Gasteiger partial charge in [-0.2, -0.15) is 0 Å². The minimum Gasteiger partial charge on any atom is -0.491 e. The van der Waals surface area contributed by atoms with Crippen molar-refractivity contribution in [3.63, 3.8) is 0 Å². The zero-order valence-electron chi connectivity index (χ0n) is 12.4. The maximum atomic E-state index is 11.4. The van der Waals surface area contributed by atoms with E-state index in [1.54, 1.807) is 13.0 Å². The number of rotatable bonds is 4. The van der Waals surface area contributed by atoms with Crippen molar-refractivity contribution in [2.24, 2.45) is 0 Å². The molecule has 1 atom stereocenters. The van der Waals surface area contributed by atoms with Gasteiger partial charge in [-0.15, -0.1) is 0 Å². The standard InChI is InChI=1S/C16H19N3O3/c1-9-13(16(20)21)15(17)14-11(19-9)5-2-6-12(14)22-8-10-4-3-7-18-10/h2,5-6,10,18H,3-4,7-8H2,1H3,(H2,17,19)(H,20,21)/t10-/m1/s1. The Bertz CT molecular complexity index is 724. The lowest BCUT2D eigenvalue weighted by Gasteiger charge is -2.16. The fourth-order valence-electron chi connectivity index (χ4n) is 2.92. The molecule has 1 aliphatic heterocycles. The Morgan fingerprint density at radius 3 is 3.05 bits per heavy atom. The first kappa shape index (κ1) is 14.6. The Morgan fingerprint density at radius 1 is 1.55 bits per heavy atom. The number of hydrogen-bond donors (Lipinski definition) is 3. The summed E-state index contributed by atoms with van der Waals surface area (Å²) in [7, 11) is 0. The second-order valence-corrected chi connectivity index (χ2v) is 5.55. The van der Waals surface area contributed by atoms with Crippen LogP contribution in [0.4, 0.5) is 5.69 Å². The van der Waals surface area contributed by atoms with Gasteiger partial charge < -0.3 is 20.9 Å². The quantitative estimate of drug-likeness (QED) is 0.798. The number of ether oxygens (including phenoxy) is 1. The Hall–Kier alpha value is -2.34. The minimum absolute atomic E-state index is 0.0440. The van der Waals surface area contributed by atoms with E-state index in [1.165, 1.54) is 0 Å². The van der Waals surface area contributed by atoms with Gasteiger partial charge in [0.25, 0.3) is 0 Å². The van der Waals surface area contributed by atoms with Crippen LogP contribution in [0.5, 0.6) is 5.75 Å². The third kappa shape index (κ3) is 2.57. The summed E-state index contributed by atoms with van der Waals surface area (Å²) in [4.78, 5) is 15.7. The van der Waals surface area contributed by atoms with E-state index in [0.717, 1.165) is 19.4 Å². The van der Waals surface area contributed by atoms with Gasteiger partial charge in [-0.25, -0.2) is 4.79 Å². The van der Waals surface area contributed by atoms with Crippen LogP contribution in [0, 0.1) is 6.92 Å². The molecule has 22 heavy (non-hydrogen) atoms. The Kier molecular flexibility index (Phi) is 3.85. The fraction of sp³-hybridized carbons (Fsp3) is 0.375. The van der Waals surface area contributed by atoms with Gasteiger partial charge in [-0.3, -0.25) is 4.98 Å². The van der Waals surface area contributed by atoms with Gasteiger partial charge in [-0.05, 0) is 38.4 Å². The predicted octanol–water partition coefficient (Wildman–Crippen LogP) is 1.95. The van der Waals surface area contributed by atoms with E-state index in [9.17, 15) is 9.90 Å². The molecule has 4 N–H and O–H groups in total. The average molecular weight is 301 g/mol. The molecule has 1 fully saturated rings. The lowest BCUT2D eigenvalue weighted by molar-refractivity contribution is 0.0697. The molecule has 0 aliphatic carbocycles. The smallest absolute Gasteiger partial charge is 0.339 e. The molecular formula is C16H19N3O3. The van der Waals surface area contributed by atoms with Crippen LogP contribution in [0.2, 0.25) is 0 Å². The number of nitrogens with zero attached hydrogens (tertiary/aromatic N) is 1. The second-order valence-electron chi connectivity index (χ2n) is 5.55. The second kappa shape index (κ2) is 5.81. The summed E-state index contributed by atoms with van der Waals surface area (Å²) < 4.78 is 5.88. The maximum Gasteiger partial charge on any atom is 0.339 e. The molecule has 0 unspecified atom stereocenters. The molecule has 1 aromatic heterocycles. The van der Waals surface area contributed by atoms with Gasteiger partial charge in [0.2, 0.25) is 0 Å². The maximum absolute atomic E-state index is 11.4. The number of carboxylic acids is 1. The van der Waals surface area contributed by atoms with Crippen LogP contribution in [0.15, 0.2) is 18.2 Å². The molecule has 0 spiro atoms. The van der Waals surface area contributed by atoms with Crippen LogP contribution in [0.25, 0.3) is 10.9 Å². The average Bonchev–Trinajstić information content (AvgIpc) is 2.97. The van der Waals surface area contributed by atoms with E-state index in [-0.39, 0.29) is 11.3 Å². The summed E-state index contributed by atoms with van der Waals surface area (Å²) >= 11 is 0. The molecule has 2 aromatic rings. The molecule has 1 aromatic carbocycles. The minimum atomic E-state index is -1.07. The van der Waals surface area contributed by atoms with Crippen molar-refractivity contribution in [3.8, 4) is 5.75 Å². The Labute approximate surface area is 128 Å². The summed E-state index contributed by atoms with van der Waals surface area (Å²) in [5.41, 5.74) is 7.41. The van der Waals surface area contributed by atoms with Crippen molar-refractivity contribution < 1.29 is 14.6 Å². The molecule has 6 heteroatoms. The summed E-state index contributed by atoms with van der Waals surface area (Å²) in [6, 6.07) is 5.78. The number of pyridine rings is 1. The zero-order chi connectivity index (χ0) is 15.7. The fourth-order valence-corrected chi connectivity index (χ4v) is 2.92. The van der Waals surface area contributed by atoms with E-state index >= 15 is 0 Å². The number of aryl methyl sites for hydroxylation is 1. The molecule has 116 valence electrons. The van der Waals surface area contributed by atoms with Crippen molar-refractivity contribution in [3.05, 3.63) is 29.5 Å². The third-order valence-electron chi connectivity index (χ3n) is 4.01. The molecule has 1 aliphatic rings. The van der Waals surface area contributed by atoms with Crippen LogP contribution in [-0.4, -0.2) is 35.3 Å². The highest BCUT2D eigenvalue weighted by molar-refractivity contribution is 6.06. The van der Waals surface area contributed by atoms with Gasteiger partial charge in [0, 0.05) is 6.04 Å². The number of hydrogen-bond acceptors (Lipinski definition) is 5. The highest BCUT2D eigenvalue weighted by atomic mass is 16.5.